The molecule has 0 fully saturated rings. The predicted octanol–water partition coefficient (Wildman–Crippen LogP) is 6.19. The number of benzene rings is 3. The summed E-state index contributed by atoms with van der Waals surface area (Å²) in [5.41, 5.74) is 4.48. The number of nitrogens with zero attached hydrogens (tertiary/aromatic N) is 1. The first-order valence-electron chi connectivity index (χ1n) is 10.2. The van der Waals surface area contributed by atoms with Crippen LogP contribution in [0, 0.1) is 6.92 Å². The van der Waals surface area contributed by atoms with Crippen molar-refractivity contribution in [3.05, 3.63) is 77.9 Å². The quantitative estimate of drug-likeness (QED) is 0.347. The molecule has 0 atom stereocenters. The summed E-state index contributed by atoms with van der Waals surface area (Å²) in [7, 11) is 0. The normalized spacial score (nSPS) is 10.9. The van der Waals surface area contributed by atoms with Gasteiger partial charge in [0, 0.05) is 11.3 Å². The maximum absolute atomic E-state index is 12.7. The third-order valence-electron chi connectivity index (χ3n) is 4.66. The van der Waals surface area contributed by atoms with E-state index in [-0.39, 0.29) is 17.1 Å². The number of rotatable bonds is 5. The van der Waals surface area contributed by atoms with Crippen molar-refractivity contribution in [1.29, 1.82) is 0 Å². The monoisotopic (exact) mass is 461 g/mol. The minimum atomic E-state index is -0.319. The molecule has 0 aliphatic carbocycles. The fourth-order valence-corrected chi connectivity index (χ4v) is 4.48. The van der Waals surface area contributed by atoms with Crippen molar-refractivity contribution in [3.8, 4) is 16.3 Å². The van der Waals surface area contributed by atoms with Gasteiger partial charge in [0.15, 0.2) is 5.11 Å². The molecule has 5 nitrogen and oxygen atoms in total. The molecule has 0 aliphatic heterocycles. The summed E-state index contributed by atoms with van der Waals surface area (Å²) in [6.07, 6.45) is -0.0352. The standard InChI is InChI=1S/C25H23N3O2S2/c1-15(2)30-21-7-5-4-6-19(21)23(29)28-25(31)26-18-11-9-17(10-12-18)24-27-20-13-8-16(3)14-22(20)32-24/h4-15H,1-3H3,(H2,26,28,29,31). The van der Waals surface area contributed by atoms with E-state index in [0.29, 0.717) is 11.3 Å². The number of nitrogens with one attached hydrogen (secondary N) is 2. The molecular formula is C25H23N3O2S2. The zero-order chi connectivity index (χ0) is 22.7. The van der Waals surface area contributed by atoms with Crippen LogP contribution < -0.4 is 15.4 Å². The third kappa shape index (κ3) is 5.12. The number of fused-ring (bicyclic) bond motifs is 1. The Bertz CT molecular complexity index is 1280. The van der Waals surface area contributed by atoms with E-state index in [1.807, 2.05) is 50.2 Å². The zero-order valence-corrected chi connectivity index (χ0v) is 19.6. The van der Waals surface area contributed by atoms with Crippen LogP contribution in [-0.4, -0.2) is 22.1 Å². The SMILES string of the molecule is Cc1ccc2nc(-c3ccc(NC(=S)NC(=O)c4ccccc4OC(C)C)cc3)sc2c1. The number of amides is 1. The molecule has 0 radical (unpaired) electrons. The second-order valence-corrected chi connectivity index (χ2v) is 9.08. The number of carbonyl (C=O) groups excluding carboxylic acids is 1. The van der Waals surface area contributed by atoms with E-state index in [2.05, 4.69) is 29.7 Å². The van der Waals surface area contributed by atoms with E-state index in [1.54, 1.807) is 29.5 Å². The lowest BCUT2D eigenvalue weighted by Crippen LogP contribution is -2.34. The number of carbonyl (C=O) groups is 1. The minimum absolute atomic E-state index is 0.0352. The van der Waals surface area contributed by atoms with Crippen LogP contribution in [-0.2, 0) is 0 Å². The highest BCUT2D eigenvalue weighted by Gasteiger charge is 2.14. The molecule has 4 aromatic rings. The highest BCUT2D eigenvalue weighted by Crippen LogP contribution is 2.31. The van der Waals surface area contributed by atoms with Gasteiger partial charge in [0.1, 0.15) is 10.8 Å². The van der Waals surface area contributed by atoms with Crippen LogP contribution in [0.15, 0.2) is 66.7 Å². The summed E-state index contributed by atoms with van der Waals surface area (Å²) in [6.45, 7) is 5.91. The summed E-state index contributed by atoms with van der Waals surface area (Å²) in [5, 5.41) is 6.96. The molecule has 162 valence electrons. The molecule has 4 rings (SSSR count). The van der Waals surface area contributed by atoms with E-state index in [1.165, 1.54) is 10.3 Å². The molecule has 1 aromatic heterocycles. The second kappa shape index (κ2) is 9.46. The van der Waals surface area contributed by atoms with Crippen LogP contribution in [0.5, 0.6) is 5.75 Å². The van der Waals surface area contributed by atoms with E-state index in [4.69, 9.17) is 21.9 Å². The van der Waals surface area contributed by atoms with Crippen molar-refractivity contribution in [2.45, 2.75) is 26.9 Å². The Morgan fingerprint density at radius 2 is 1.81 bits per heavy atom. The van der Waals surface area contributed by atoms with Crippen LogP contribution in [0.4, 0.5) is 5.69 Å². The van der Waals surface area contributed by atoms with E-state index in [0.717, 1.165) is 21.8 Å². The number of hydrogen-bond acceptors (Lipinski definition) is 5. The first-order chi connectivity index (χ1) is 15.4. The van der Waals surface area contributed by atoms with Gasteiger partial charge in [0.2, 0.25) is 0 Å². The lowest BCUT2D eigenvalue weighted by Gasteiger charge is -2.15. The summed E-state index contributed by atoms with van der Waals surface area (Å²) in [5.74, 6) is 0.207. The summed E-state index contributed by atoms with van der Waals surface area (Å²) >= 11 is 7.00. The largest absolute Gasteiger partial charge is 0.490 e. The molecule has 1 heterocycles. The van der Waals surface area contributed by atoms with Crippen molar-refractivity contribution in [2.75, 3.05) is 5.32 Å². The fraction of sp³-hybridized carbons (Fsp3) is 0.160. The van der Waals surface area contributed by atoms with Crippen molar-refractivity contribution in [2.24, 2.45) is 0 Å². The molecular weight excluding hydrogens is 438 g/mol. The van der Waals surface area contributed by atoms with Crippen LogP contribution in [0.2, 0.25) is 0 Å². The summed E-state index contributed by atoms with van der Waals surface area (Å²) < 4.78 is 6.89. The molecule has 1 amide bonds. The Morgan fingerprint density at radius 3 is 2.56 bits per heavy atom. The first-order valence-corrected chi connectivity index (χ1v) is 11.5. The van der Waals surface area contributed by atoms with Gasteiger partial charge in [-0.15, -0.1) is 11.3 Å². The van der Waals surface area contributed by atoms with Crippen LogP contribution >= 0.6 is 23.6 Å². The molecule has 0 spiro atoms. The van der Waals surface area contributed by atoms with Gasteiger partial charge in [0.05, 0.1) is 21.9 Å². The number of anilines is 1. The average molecular weight is 462 g/mol. The van der Waals surface area contributed by atoms with Crippen molar-refractivity contribution < 1.29 is 9.53 Å². The number of aryl methyl sites for hydroxylation is 1. The number of ether oxygens (including phenoxy) is 1. The average Bonchev–Trinajstić information content (AvgIpc) is 3.17. The fourth-order valence-electron chi connectivity index (χ4n) is 3.20. The molecule has 3 aromatic carbocycles. The first kappa shape index (κ1) is 21.9. The van der Waals surface area contributed by atoms with Gasteiger partial charge < -0.3 is 10.1 Å². The molecule has 0 bridgehead atoms. The minimum Gasteiger partial charge on any atom is -0.490 e. The Balaban J connectivity index is 1.42. The van der Waals surface area contributed by atoms with Crippen LogP contribution in [0.1, 0.15) is 29.8 Å². The Hall–Kier alpha value is -3.29. The van der Waals surface area contributed by atoms with Gasteiger partial charge in [-0.2, -0.15) is 0 Å². The van der Waals surface area contributed by atoms with Gasteiger partial charge in [-0.1, -0.05) is 18.2 Å². The second-order valence-electron chi connectivity index (χ2n) is 7.64. The molecule has 0 saturated carbocycles. The van der Waals surface area contributed by atoms with E-state index < -0.39 is 0 Å². The number of para-hydroxylation sites is 1. The predicted molar refractivity (Wildman–Crippen MR) is 136 cm³/mol. The number of hydrogen-bond donors (Lipinski definition) is 2. The molecule has 7 heteroatoms. The zero-order valence-electron chi connectivity index (χ0n) is 18.0. The Morgan fingerprint density at radius 1 is 1.06 bits per heavy atom. The number of thiocarbonyl (C=S) groups is 1. The Kier molecular flexibility index (Phi) is 6.48. The highest BCUT2D eigenvalue weighted by atomic mass is 32.1. The molecule has 0 saturated heterocycles. The molecule has 0 unspecified atom stereocenters. The topological polar surface area (TPSA) is 63.2 Å². The van der Waals surface area contributed by atoms with Crippen molar-refractivity contribution in [3.63, 3.8) is 0 Å². The Labute approximate surface area is 196 Å². The summed E-state index contributed by atoms with van der Waals surface area (Å²) in [6, 6.07) is 21.2. The molecule has 2 N–H and O–H groups in total. The van der Waals surface area contributed by atoms with Crippen LogP contribution in [0.25, 0.3) is 20.8 Å². The van der Waals surface area contributed by atoms with Crippen molar-refractivity contribution in [1.82, 2.24) is 10.3 Å². The van der Waals surface area contributed by atoms with Crippen LogP contribution in [0.3, 0.4) is 0 Å². The maximum atomic E-state index is 12.7. The molecule has 0 aliphatic rings. The number of thiazole rings is 1. The number of aromatic nitrogens is 1. The molecule has 32 heavy (non-hydrogen) atoms. The maximum Gasteiger partial charge on any atom is 0.261 e. The van der Waals surface area contributed by atoms with Gasteiger partial charge in [-0.3, -0.25) is 10.1 Å². The van der Waals surface area contributed by atoms with Gasteiger partial charge in [-0.25, -0.2) is 4.98 Å². The van der Waals surface area contributed by atoms with E-state index in [9.17, 15) is 4.79 Å². The van der Waals surface area contributed by atoms with E-state index >= 15 is 0 Å². The highest BCUT2D eigenvalue weighted by molar-refractivity contribution is 7.80. The van der Waals surface area contributed by atoms with Crippen molar-refractivity contribution >= 4 is 50.5 Å². The van der Waals surface area contributed by atoms with Gasteiger partial charge in [-0.05, 0) is 87.1 Å². The lowest BCUT2D eigenvalue weighted by atomic mass is 10.2. The third-order valence-corrected chi connectivity index (χ3v) is 5.93. The van der Waals surface area contributed by atoms with Gasteiger partial charge >= 0.3 is 0 Å². The smallest absolute Gasteiger partial charge is 0.261 e. The lowest BCUT2D eigenvalue weighted by molar-refractivity contribution is 0.0972. The summed E-state index contributed by atoms with van der Waals surface area (Å²) in [4.78, 5) is 17.4. The van der Waals surface area contributed by atoms with Gasteiger partial charge in [0.25, 0.3) is 5.91 Å².